The number of likely N-dealkylation sites (N-methyl/N-ethyl adjacent to an activating group) is 1. The summed E-state index contributed by atoms with van der Waals surface area (Å²) in [6.45, 7) is 5.28. The Kier molecular flexibility index (Phi) is 4.00. The Labute approximate surface area is 96.6 Å². The van der Waals surface area contributed by atoms with Crippen LogP contribution >= 0.6 is 11.6 Å². The smallest absolute Gasteiger partial charge is 0.137 e. The summed E-state index contributed by atoms with van der Waals surface area (Å²) in [6, 6.07) is 5.94. The quantitative estimate of drug-likeness (QED) is 0.854. The van der Waals surface area contributed by atoms with Gasteiger partial charge in [-0.3, -0.25) is 0 Å². The first kappa shape index (κ1) is 12.3. The lowest BCUT2D eigenvalue weighted by Crippen LogP contribution is -2.30. The molecule has 0 aliphatic rings. The summed E-state index contributed by atoms with van der Waals surface area (Å²) < 4.78 is 5.13. The van der Waals surface area contributed by atoms with Crippen LogP contribution in [-0.2, 0) is 5.41 Å². The van der Waals surface area contributed by atoms with Crippen molar-refractivity contribution in [3.8, 4) is 5.75 Å². The maximum atomic E-state index is 6.09. The molecule has 0 saturated carbocycles. The average molecular weight is 228 g/mol. The van der Waals surface area contributed by atoms with E-state index in [-0.39, 0.29) is 5.41 Å². The van der Waals surface area contributed by atoms with E-state index in [0.717, 1.165) is 12.3 Å². The van der Waals surface area contributed by atoms with Crippen LogP contribution in [0.25, 0.3) is 0 Å². The highest BCUT2D eigenvalue weighted by atomic mass is 35.5. The van der Waals surface area contributed by atoms with Gasteiger partial charge in [0.15, 0.2) is 0 Å². The third-order valence-corrected chi connectivity index (χ3v) is 2.85. The van der Waals surface area contributed by atoms with E-state index in [2.05, 4.69) is 25.2 Å². The van der Waals surface area contributed by atoms with Gasteiger partial charge < -0.3 is 10.1 Å². The number of nitrogens with one attached hydrogen (secondary N) is 1. The number of halogens is 1. The van der Waals surface area contributed by atoms with Crippen LogP contribution < -0.4 is 10.1 Å². The molecule has 1 aromatic carbocycles. The number of methoxy groups -OCH3 is 1. The highest BCUT2D eigenvalue weighted by molar-refractivity contribution is 6.32. The van der Waals surface area contributed by atoms with Gasteiger partial charge in [-0.05, 0) is 24.7 Å². The van der Waals surface area contributed by atoms with Crippen molar-refractivity contribution < 1.29 is 4.74 Å². The van der Waals surface area contributed by atoms with E-state index in [1.165, 1.54) is 5.56 Å². The zero-order chi connectivity index (χ0) is 11.5. The number of hydrogen-bond acceptors (Lipinski definition) is 2. The van der Waals surface area contributed by atoms with E-state index in [9.17, 15) is 0 Å². The van der Waals surface area contributed by atoms with E-state index < -0.39 is 0 Å². The Balaban J connectivity index is 3.01. The molecular formula is C12H18ClNO. The lowest BCUT2D eigenvalue weighted by molar-refractivity contribution is 0.414. The van der Waals surface area contributed by atoms with E-state index >= 15 is 0 Å². The largest absolute Gasteiger partial charge is 0.495 e. The lowest BCUT2D eigenvalue weighted by Gasteiger charge is -2.25. The van der Waals surface area contributed by atoms with Crippen molar-refractivity contribution in [1.82, 2.24) is 5.32 Å². The van der Waals surface area contributed by atoms with E-state index in [1.807, 2.05) is 19.2 Å². The Hall–Kier alpha value is -0.730. The minimum atomic E-state index is 0.0741. The molecule has 1 aromatic rings. The van der Waals surface area contributed by atoms with Gasteiger partial charge in [0.1, 0.15) is 5.75 Å². The van der Waals surface area contributed by atoms with Gasteiger partial charge in [0, 0.05) is 12.0 Å². The average Bonchev–Trinajstić information content (AvgIpc) is 2.17. The molecule has 0 aliphatic carbocycles. The second kappa shape index (κ2) is 4.86. The van der Waals surface area contributed by atoms with E-state index in [1.54, 1.807) is 7.11 Å². The molecule has 0 atom stereocenters. The normalized spacial score (nSPS) is 11.5. The fourth-order valence-corrected chi connectivity index (χ4v) is 1.89. The second-order valence-corrected chi connectivity index (χ2v) is 4.67. The predicted octanol–water partition coefficient (Wildman–Crippen LogP) is 2.85. The summed E-state index contributed by atoms with van der Waals surface area (Å²) in [6.07, 6.45) is 0. The predicted molar refractivity (Wildman–Crippen MR) is 65.0 cm³/mol. The topological polar surface area (TPSA) is 21.3 Å². The Morgan fingerprint density at radius 1 is 1.40 bits per heavy atom. The fourth-order valence-electron chi connectivity index (χ4n) is 1.63. The van der Waals surface area contributed by atoms with Gasteiger partial charge in [0.05, 0.1) is 12.1 Å². The number of hydrogen-bond donors (Lipinski definition) is 1. The van der Waals surface area contributed by atoms with Crippen molar-refractivity contribution in [3.05, 3.63) is 28.8 Å². The number of ether oxygens (including phenoxy) is 1. The van der Waals surface area contributed by atoms with Crippen LogP contribution in [0.1, 0.15) is 19.4 Å². The number of benzene rings is 1. The standard InChI is InChI=1S/C12H18ClNO/c1-12(2,8-14-3)9-5-6-11(15-4)10(13)7-9/h5-7,14H,8H2,1-4H3. The molecule has 0 saturated heterocycles. The van der Waals surface area contributed by atoms with Crippen molar-refractivity contribution in [2.24, 2.45) is 0 Å². The molecule has 0 bridgehead atoms. The summed E-state index contributed by atoms with van der Waals surface area (Å²) in [5, 5.41) is 3.85. The SMILES string of the molecule is CNCC(C)(C)c1ccc(OC)c(Cl)c1. The highest BCUT2D eigenvalue weighted by Gasteiger charge is 2.20. The molecule has 0 fully saturated rings. The first-order valence-corrected chi connectivity index (χ1v) is 5.37. The van der Waals surface area contributed by atoms with Gasteiger partial charge in [0.2, 0.25) is 0 Å². The van der Waals surface area contributed by atoms with E-state index in [4.69, 9.17) is 16.3 Å². The molecule has 0 spiro atoms. The van der Waals surface area contributed by atoms with Gasteiger partial charge in [-0.2, -0.15) is 0 Å². The molecule has 84 valence electrons. The minimum absolute atomic E-state index is 0.0741. The molecular weight excluding hydrogens is 210 g/mol. The molecule has 0 amide bonds. The Morgan fingerprint density at radius 2 is 2.07 bits per heavy atom. The van der Waals surface area contributed by atoms with Gasteiger partial charge in [-0.25, -0.2) is 0 Å². The summed E-state index contributed by atoms with van der Waals surface area (Å²) in [5.74, 6) is 0.723. The molecule has 15 heavy (non-hydrogen) atoms. The fraction of sp³-hybridized carbons (Fsp3) is 0.500. The van der Waals surface area contributed by atoms with Crippen molar-refractivity contribution >= 4 is 11.6 Å². The molecule has 0 aliphatic heterocycles. The molecule has 2 nitrogen and oxygen atoms in total. The summed E-state index contributed by atoms with van der Waals surface area (Å²) in [4.78, 5) is 0. The van der Waals surface area contributed by atoms with Gasteiger partial charge >= 0.3 is 0 Å². The van der Waals surface area contributed by atoms with Crippen LogP contribution in [0.4, 0.5) is 0 Å². The van der Waals surface area contributed by atoms with Crippen molar-refractivity contribution in [2.45, 2.75) is 19.3 Å². The van der Waals surface area contributed by atoms with Crippen molar-refractivity contribution in [3.63, 3.8) is 0 Å². The van der Waals surface area contributed by atoms with Crippen LogP contribution in [0, 0.1) is 0 Å². The minimum Gasteiger partial charge on any atom is -0.495 e. The molecule has 3 heteroatoms. The summed E-state index contributed by atoms with van der Waals surface area (Å²) in [5.41, 5.74) is 1.28. The third kappa shape index (κ3) is 2.86. The summed E-state index contributed by atoms with van der Waals surface area (Å²) >= 11 is 6.09. The van der Waals surface area contributed by atoms with Crippen molar-refractivity contribution in [1.29, 1.82) is 0 Å². The van der Waals surface area contributed by atoms with E-state index in [0.29, 0.717) is 5.02 Å². The Bertz CT molecular complexity index is 336. The first-order chi connectivity index (χ1) is 7.01. The van der Waals surface area contributed by atoms with Gasteiger partial charge in [-0.15, -0.1) is 0 Å². The van der Waals surface area contributed by atoms with Gasteiger partial charge in [0.25, 0.3) is 0 Å². The van der Waals surface area contributed by atoms with Gasteiger partial charge in [-0.1, -0.05) is 31.5 Å². The molecule has 1 rings (SSSR count). The number of rotatable bonds is 4. The third-order valence-electron chi connectivity index (χ3n) is 2.55. The Morgan fingerprint density at radius 3 is 2.53 bits per heavy atom. The maximum Gasteiger partial charge on any atom is 0.137 e. The zero-order valence-electron chi connectivity index (χ0n) is 9.73. The second-order valence-electron chi connectivity index (χ2n) is 4.26. The zero-order valence-corrected chi connectivity index (χ0v) is 10.5. The molecule has 1 N–H and O–H groups in total. The van der Waals surface area contributed by atoms with Crippen LogP contribution in [0.2, 0.25) is 5.02 Å². The van der Waals surface area contributed by atoms with Crippen LogP contribution in [0.15, 0.2) is 18.2 Å². The molecule has 0 unspecified atom stereocenters. The van der Waals surface area contributed by atoms with Crippen molar-refractivity contribution in [2.75, 3.05) is 20.7 Å². The van der Waals surface area contributed by atoms with Crippen LogP contribution in [0.5, 0.6) is 5.75 Å². The van der Waals surface area contributed by atoms with Crippen LogP contribution in [0.3, 0.4) is 0 Å². The highest BCUT2D eigenvalue weighted by Crippen LogP contribution is 2.30. The lowest BCUT2D eigenvalue weighted by atomic mass is 9.84. The molecule has 0 heterocycles. The summed E-state index contributed by atoms with van der Waals surface area (Å²) in [7, 11) is 3.58. The maximum absolute atomic E-state index is 6.09. The molecule has 0 aromatic heterocycles. The van der Waals surface area contributed by atoms with Crippen LogP contribution in [-0.4, -0.2) is 20.7 Å². The first-order valence-electron chi connectivity index (χ1n) is 5.00. The molecule has 0 radical (unpaired) electrons. The monoisotopic (exact) mass is 227 g/mol.